The summed E-state index contributed by atoms with van der Waals surface area (Å²) in [5.74, 6) is -2.20. The molecular formula is C15H18FNO4. The van der Waals surface area contributed by atoms with Gasteiger partial charge in [0.25, 0.3) is 5.91 Å². The molecule has 1 N–H and O–H groups in total. The molecule has 0 unspecified atom stereocenters. The van der Waals surface area contributed by atoms with E-state index in [-0.39, 0.29) is 18.2 Å². The number of halogens is 1. The van der Waals surface area contributed by atoms with Crippen LogP contribution in [0.4, 0.5) is 4.39 Å². The van der Waals surface area contributed by atoms with Gasteiger partial charge in [-0.2, -0.15) is 0 Å². The van der Waals surface area contributed by atoms with Crippen molar-refractivity contribution in [2.24, 2.45) is 5.92 Å². The Kier molecular flexibility index (Phi) is 4.77. The number of carbonyl (C=O) groups excluding carboxylic acids is 1. The van der Waals surface area contributed by atoms with Crippen LogP contribution in [0, 0.1) is 11.7 Å². The Morgan fingerprint density at radius 2 is 2.19 bits per heavy atom. The van der Waals surface area contributed by atoms with Crippen molar-refractivity contribution in [2.75, 3.05) is 13.1 Å². The second-order valence-corrected chi connectivity index (χ2v) is 5.05. The van der Waals surface area contributed by atoms with Gasteiger partial charge in [0.2, 0.25) is 0 Å². The first-order valence-electron chi connectivity index (χ1n) is 6.95. The molecule has 0 aliphatic carbocycles. The van der Waals surface area contributed by atoms with E-state index in [0.29, 0.717) is 19.4 Å². The van der Waals surface area contributed by atoms with E-state index in [1.807, 2.05) is 0 Å². The lowest BCUT2D eigenvalue weighted by Gasteiger charge is -2.23. The number of hydrogen-bond acceptors (Lipinski definition) is 3. The van der Waals surface area contributed by atoms with Gasteiger partial charge in [-0.15, -0.1) is 0 Å². The number of nitrogens with zero attached hydrogens (tertiary/aromatic N) is 1. The molecule has 1 aromatic rings. The third-order valence-electron chi connectivity index (χ3n) is 3.60. The number of likely N-dealkylation sites (tertiary alicyclic amines) is 1. The summed E-state index contributed by atoms with van der Waals surface area (Å²) in [7, 11) is 0. The van der Waals surface area contributed by atoms with E-state index in [2.05, 4.69) is 0 Å². The number of carbonyl (C=O) groups is 2. The van der Waals surface area contributed by atoms with Gasteiger partial charge in [-0.3, -0.25) is 9.59 Å². The van der Waals surface area contributed by atoms with Crippen LogP contribution in [0.3, 0.4) is 0 Å². The van der Waals surface area contributed by atoms with E-state index in [1.54, 1.807) is 19.1 Å². The second-order valence-electron chi connectivity index (χ2n) is 5.05. The molecule has 2 rings (SSSR count). The van der Waals surface area contributed by atoms with Crippen LogP contribution < -0.4 is 4.74 Å². The van der Waals surface area contributed by atoms with Crippen LogP contribution >= 0.6 is 0 Å². The number of amides is 1. The van der Waals surface area contributed by atoms with Crippen LogP contribution in [-0.4, -0.2) is 41.1 Å². The molecule has 0 aromatic heterocycles. The molecule has 114 valence electrons. The third kappa shape index (κ3) is 3.51. The number of para-hydroxylation sites is 1. The predicted octanol–water partition coefficient (Wildman–Crippen LogP) is 1.92. The lowest BCUT2D eigenvalue weighted by Crippen LogP contribution is -2.41. The molecule has 0 radical (unpaired) electrons. The molecule has 1 heterocycles. The number of aliphatic carboxylic acids is 1. The van der Waals surface area contributed by atoms with Gasteiger partial charge in [-0.05, 0) is 25.0 Å². The molecule has 1 aromatic carbocycles. The Morgan fingerprint density at radius 1 is 1.48 bits per heavy atom. The van der Waals surface area contributed by atoms with Crippen molar-refractivity contribution in [3.63, 3.8) is 0 Å². The van der Waals surface area contributed by atoms with Crippen LogP contribution in [-0.2, 0) is 9.59 Å². The summed E-state index contributed by atoms with van der Waals surface area (Å²) in [4.78, 5) is 24.8. The Hall–Kier alpha value is -2.11. The molecular weight excluding hydrogens is 277 g/mol. The summed E-state index contributed by atoms with van der Waals surface area (Å²) in [6.07, 6.45) is 0.0351. The SMILES string of the molecule is CC[C@H](Oc1ccccc1F)C(=O)N1CC[C@@H](C(=O)O)C1. The fraction of sp³-hybridized carbons (Fsp3) is 0.467. The average molecular weight is 295 g/mol. The van der Waals surface area contributed by atoms with E-state index in [0.717, 1.165) is 0 Å². The molecule has 2 atom stereocenters. The van der Waals surface area contributed by atoms with Crippen molar-refractivity contribution in [2.45, 2.75) is 25.9 Å². The highest BCUT2D eigenvalue weighted by Crippen LogP contribution is 2.22. The highest BCUT2D eigenvalue weighted by molar-refractivity contribution is 5.82. The summed E-state index contributed by atoms with van der Waals surface area (Å²) in [6, 6.07) is 5.91. The molecule has 1 fully saturated rings. The molecule has 1 saturated heterocycles. The number of hydrogen-bond donors (Lipinski definition) is 1. The van der Waals surface area contributed by atoms with Gasteiger partial charge in [0, 0.05) is 13.1 Å². The van der Waals surface area contributed by atoms with Gasteiger partial charge in [-0.25, -0.2) is 4.39 Å². The topological polar surface area (TPSA) is 66.8 Å². The smallest absolute Gasteiger partial charge is 0.308 e. The van der Waals surface area contributed by atoms with Crippen LogP contribution in [0.25, 0.3) is 0 Å². The molecule has 0 spiro atoms. The molecule has 1 aliphatic rings. The molecule has 6 heteroatoms. The summed E-state index contributed by atoms with van der Waals surface area (Å²) in [5.41, 5.74) is 0. The molecule has 0 saturated carbocycles. The molecule has 0 bridgehead atoms. The van der Waals surface area contributed by atoms with Crippen molar-refractivity contribution in [3.05, 3.63) is 30.1 Å². The monoisotopic (exact) mass is 295 g/mol. The Balaban J connectivity index is 2.03. The maximum Gasteiger partial charge on any atom is 0.308 e. The van der Waals surface area contributed by atoms with Crippen molar-refractivity contribution >= 4 is 11.9 Å². The van der Waals surface area contributed by atoms with Gasteiger partial charge in [0.1, 0.15) is 0 Å². The normalized spacial score (nSPS) is 19.3. The Bertz CT molecular complexity index is 534. The zero-order valence-electron chi connectivity index (χ0n) is 11.8. The van der Waals surface area contributed by atoms with E-state index in [9.17, 15) is 14.0 Å². The summed E-state index contributed by atoms with van der Waals surface area (Å²) in [6.45, 7) is 2.35. The van der Waals surface area contributed by atoms with Crippen LogP contribution in [0.5, 0.6) is 5.75 Å². The van der Waals surface area contributed by atoms with Gasteiger partial charge in [-0.1, -0.05) is 19.1 Å². The summed E-state index contributed by atoms with van der Waals surface area (Å²) in [5, 5.41) is 8.96. The van der Waals surface area contributed by atoms with Crippen LogP contribution in [0.1, 0.15) is 19.8 Å². The Morgan fingerprint density at radius 3 is 2.76 bits per heavy atom. The zero-order chi connectivity index (χ0) is 15.4. The zero-order valence-corrected chi connectivity index (χ0v) is 11.8. The second kappa shape index (κ2) is 6.56. The van der Waals surface area contributed by atoms with Gasteiger partial charge < -0.3 is 14.7 Å². The number of carboxylic acids is 1. The van der Waals surface area contributed by atoms with E-state index in [1.165, 1.54) is 17.0 Å². The first-order chi connectivity index (χ1) is 10.0. The standard InChI is InChI=1S/C15H18FNO4/c1-2-12(21-13-6-4-3-5-11(13)16)14(18)17-8-7-10(9-17)15(19)20/h3-6,10,12H,2,7-9H2,1H3,(H,19,20)/t10-,12+/m1/s1. The first kappa shape index (κ1) is 15.3. The van der Waals surface area contributed by atoms with Crippen LogP contribution in [0.15, 0.2) is 24.3 Å². The maximum absolute atomic E-state index is 13.6. The van der Waals surface area contributed by atoms with E-state index in [4.69, 9.17) is 9.84 Å². The molecule has 1 aliphatic heterocycles. The van der Waals surface area contributed by atoms with Crippen molar-refractivity contribution in [3.8, 4) is 5.75 Å². The minimum absolute atomic E-state index is 0.0340. The van der Waals surface area contributed by atoms with Gasteiger partial charge in [0.15, 0.2) is 17.7 Å². The quantitative estimate of drug-likeness (QED) is 0.901. The molecule has 21 heavy (non-hydrogen) atoms. The van der Waals surface area contributed by atoms with Crippen molar-refractivity contribution in [1.29, 1.82) is 0 Å². The van der Waals surface area contributed by atoms with Crippen molar-refractivity contribution < 1.29 is 23.8 Å². The molecule has 1 amide bonds. The molecule has 5 nitrogen and oxygen atoms in total. The fourth-order valence-corrected chi connectivity index (χ4v) is 2.37. The lowest BCUT2D eigenvalue weighted by molar-refractivity contribution is -0.142. The summed E-state index contributed by atoms with van der Waals surface area (Å²) >= 11 is 0. The van der Waals surface area contributed by atoms with Crippen LogP contribution in [0.2, 0.25) is 0 Å². The minimum Gasteiger partial charge on any atom is -0.481 e. The fourth-order valence-electron chi connectivity index (χ4n) is 2.37. The van der Waals surface area contributed by atoms with E-state index >= 15 is 0 Å². The van der Waals surface area contributed by atoms with Gasteiger partial charge in [0.05, 0.1) is 5.92 Å². The maximum atomic E-state index is 13.6. The average Bonchev–Trinajstić information content (AvgIpc) is 2.96. The highest BCUT2D eigenvalue weighted by Gasteiger charge is 2.34. The summed E-state index contributed by atoms with van der Waals surface area (Å²) < 4.78 is 19.0. The number of rotatable bonds is 5. The number of carboxylic acid groups (broad SMARTS) is 1. The lowest BCUT2D eigenvalue weighted by atomic mass is 10.1. The van der Waals surface area contributed by atoms with Crippen molar-refractivity contribution in [1.82, 2.24) is 4.90 Å². The van der Waals surface area contributed by atoms with Gasteiger partial charge >= 0.3 is 5.97 Å². The Labute approximate surface area is 122 Å². The third-order valence-corrected chi connectivity index (χ3v) is 3.60. The predicted molar refractivity (Wildman–Crippen MR) is 73.4 cm³/mol. The number of benzene rings is 1. The minimum atomic E-state index is -0.895. The van der Waals surface area contributed by atoms with E-state index < -0.39 is 23.8 Å². The highest BCUT2D eigenvalue weighted by atomic mass is 19.1. The number of ether oxygens (including phenoxy) is 1. The first-order valence-corrected chi connectivity index (χ1v) is 6.95. The largest absolute Gasteiger partial charge is 0.481 e.